The van der Waals surface area contributed by atoms with Crippen LogP contribution < -0.4 is 11.1 Å². The molecule has 7 heteroatoms. The van der Waals surface area contributed by atoms with Gasteiger partial charge in [-0.25, -0.2) is 9.59 Å². The zero-order chi connectivity index (χ0) is 19.9. The van der Waals surface area contributed by atoms with Crippen LogP contribution in [-0.4, -0.2) is 28.1 Å². The van der Waals surface area contributed by atoms with E-state index in [0.717, 1.165) is 0 Å². The zero-order valence-electron chi connectivity index (χ0n) is 14.9. The minimum Gasteiger partial charge on any atom is -0.478 e. The van der Waals surface area contributed by atoms with Crippen LogP contribution in [0.5, 0.6) is 0 Å². The molecule has 0 saturated heterocycles. The Kier molecular flexibility index (Phi) is 7.34. The Morgan fingerprint density at radius 2 is 1.42 bits per heavy atom. The van der Waals surface area contributed by atoms with E-state index in [9.17, 15) is 14.4 Å². The Morgan fingerprint density at radius 1 is 0.923 bits per heavy atom. The van der Waals surface area contributed by atoms with Crippen molar-refractivity contribution in [1.82, 2.24) is 0 Å². The Balaban J connectivity index is 0.000000273. The van der Waals surface area contributed by atoms with E-state index in [1.807, 2.05) is 0 Å². The van der Waals surface area contributed by atoms with Gasteiger partial charge in [-0.15, -0.1) is 0 Å². The number of nitrogen functional groups attached to an aromatic ring is 1. The molecule has 0 aliphatic carbocycles. The summed E-state index contributed by atoms with van der Waals surface area (Å²) in [6.07, 6.45) is 0.326. The van der Waals surface area contributed by atoms with Crippen molar-refractivity contribution in [2.24, 2.45) is 0 Å². The van der Waals surface area contributed by atoms with Crippen LogP contribution in [0, 0.1) is 13.8 Å². The second-order valence-corrected chi connectivity index (χ2v) is 5.55. The first-order chi connectivity index (χ1) is 12.2. The number of nitrogens with two attached hydrogens (primary N) is 1. The molecule has 0 atom stereocenters. The first kappa shape index (κ1) is 20.7. The molecular weight excluding hydrogens is 336 g/mol. The highest BCUT2D eigenvalue weighted by molar-refractivity contribution is 6.01. The Morgan fingerprint density at radius 3 is 1.85 bits per heavy atom. The largest absolute Gasteiger partial charge is 0.478 e. The number of anilines is 2. The van der Waals surface area contributed by atoms with Crippen molar-refractivity contribution >= 4 is 29.2 Å². The number of carbonyl (C=O) groups is 3. The van der Waals surface area contributed by atoms with Gasteiger partial charge < -0.3 is 21.3 Å². The van der Waals surface area contributed by atoms with E-state index in [2.05, 4.69) is 5.32 Å². The van der Waals surface area contributed by atoms with Gasteiger partial charge in [0, 0.05) is 12.1 Å². The van der Waals surface area contributed by atoms with E-state index in [1.54, 1.807) is 57.2 Å². The topological polar surface area (TPSA) is 130 Å². The van der Waals surface area contributed by atoms with Gasteiger partial charge in [0.25, 0.3) is 0 Å². The molecule has 1 amide bonds. The van der Waals surface area contributed by atoms with Gasteiger partial charge in [0.15, 0.2) is 0 Å². The first-order valence-electron chi connectivity index (χ1n) is 7.90. The molecule has 2 rings (SSSR count). The number of aromatic carboxylic acids is 2. The maximum absolute atomic E-state index is 11.2. The third kappa shape index (κ3) is 5.34. The number of rotatable bonds is 4. The van der Waals surface area contributed by atoms with Crippen molar-refractivity contribution in [3.63, 3.8) is 0 Å². The SMILES string of the molecule is CCC(=O)Nc1cccc(C)c1C(=O)O.Cc1cccc(N)c1C(=O)O. The number of carboxylic acid groups (broad SMARTS) is 2. The van der Waals surface area contributed by atoms with Crippen molar-refractivity contribution in [1.29, 1.82) is 0 Å². The normalized spacial score (nSPS) is 9.65. The van der Waals surface area contributed by atoms with Gasteiger partial charge >= 0.3 is 11.9 Å². The minimum atomic E-state index is -1.03. The molecule has 0 unspecified atom stereocenters. The van der Waals surface area contributed by atoms with Crippen LogP contribution in [0.3, 0.4) is 0 Å². The number of carbonyl (C=O) groups excluding carboxylic acids is 1. The smallest absolute Gasteiger partial charge is 0.338 e. The van der Waals surface area contributed by atoms with E-state index in [0.29, 0.717) is 28.9 Å². The number of aryl methyl sites for hydroxylation is 2. The van der Waals surface area contributed by atoms with Crippen molar-refractivity contribution in [2.75, 3.05) is 11.1 Å². The van der Waals surface area contributed by atoms with E-state index in [1.165, 1.54) is 0 Å². The van der Waals surface area contributed by atoms with E-state index < -0.39 is 11.9 Å². The van der Waals surface area contributed by atoms with Crippen molar-refractivity contribution < 1.29 is 24.6 Å². The van der Waals surface area contributed by atoms with Gasteiger partial charge in [-0.05, 0) is 37.1 Å². The Bertz CT molecular complexity index is 810. The number of hydrogen-bond donors (Lipinski definition) is 4. The Hall–Kier alpha value is -3.35. The van der Waals surface area contributed by atoms with Crippen molar-refractivity contribution in [2.45, 2.75) is 27.2 Å². The molecule has 26 heavy (non-hydrogen) atoms. The number of carboxylic acids is 2. The quantitative estimate of drug-likeness (QED) is 0.620. The molecule has 0 saturated carbocycles. The van der Waals surface area contributed by atoms with Gasteiger partial charge in [0.1, 0.15) is 0 Å². The molecule has 2 aromatic rings. The monoisotopic (exact) mass is 358 g/mol. The maximum Gasteiger partial charge on any atom is 0.338 e. The average molecular weight is 358 g/mol. The summed E-state index contributed by atoms with van der Waals surface area (Å²) in [4.78, 5) is 32.7. The van der Waals surface area contributed by atoms with Gasteiger partial charge in [-0.3, -0.25) is 4.79 Å². The van der Waals surface area contributed by atoms with Gasteiger partial charge in [0.2, 0.25) is 5.91 Å². The summed E-state index contributed by atoms with van der Waals surface area (Å²) in [5.74, 6) is -2.19. The molecule has 5 N–H and O–H groups in total. The highest BCUT2D eigenvalue weighted by Crippen LogP contribution is 2.19. The molecule has 0 aliphatic rings. The lowest BCUT2D eigenvalue weighted by Crippen LogP contribution is -2.14. The zero-order valence-corrected chi connectivity index (χ0v) is 14.9. The summed E-state index contributed by atoms with van der Waals surface area (Å²) < 4.78 is 0. The predicted octanol–water partition coefficient (Wildman–Crippen LogP) is 3.32. The summed E-state index contributed by atoms with van der Waals surface area (Å²) in [5.41, 5.74) is 7.80. The lowest BCUT2D eigenvalue weighted by atomic mass is 10.1. The molecular formula is C19H22N2O5. The van der Waals surface area contributed by atoms with Crippen LogP contribution >= 0.6 is 0 Å². The number of amides is 1. The highest BCUT2D eigenvalue weighted by atomic mass is 16.4. The fourth-order valence-electron chi connectivity index (χ4n) is 2.28. The van der Waals surface area contributed by atoms with E-state index in [-0.39, 0.29) is 17.0 Å². The predicted molar refractivity (Wildman–Crippen MR) is 99.6 cm³/mol. The fourth-order valence-corrected chi connectivity index (χ4v) is 2.28. The van der Waals surface area contributed by atoms with Crippen LogP contribution in [0.4, 0.5) is 11.4 Å². The molecule has 0 fully saturated rings. The van der Waals surface area contributed by atoms with Crippen LogP contribution in [0.2, 0.25) is 0 Å². The maximum atomic E-state index is 11.2. The second kappa shape index (κ2) is 9.22. The summed E-state index contributed by atoms with van der Waals surface area (Å²) in [6, 6.07) is 10.0. The second-order valence-electron chi connectivity index (χ2n) is 5.55. The van der Waals surface area contributed by atoms with E-state index >= 15 is 0 Å². The average Bonchev–Trinajstić information content (AvgIpc) is 2.54. The molecule has 138 valence electrons. The minimum absolute atomic E-state index is 0.152. The summed E-state index contributed by atoms with van der Waals surface area (Å²) in [6.45, 7) is 5.14. The highest BCUT2D eigenvalue weighted by Gasteiger charge is 2.13. The lowest BCUT2D eigenvalue weighted by Gasteiger charge is -2.09. The van der Waals surface area contributed by atoms with E-state index in [4.69, 9.17) is 15.9 Å². The molecule has 0 heterocycles. The number of benzene rings is 2. The summed E-state index contributed by atoms with van der Waals surface area (Å²) in [7, 11) is 0. The number of nitrogens with one attached hydrogen (secondary N) is 1. The number of hydrogen-bond acceptors (Lipinski definition) is 4. The van der Waals surface area contributed by atoms with Gasteiger partial charge in [-0.2, -0.15) is 0 Å². The van der Waals surface area contributed by atoms with Gasteiger partial charge in [0.05, 0.1) is 16.8 Å². The summed E-state index contributed by atoms with van der Waals surface area (Å²) in [5, 5.41) is 20.2. The van der Waals surface area contributed by atoms with Crippen LogP contribution in [0.25, 0.3) is 0 Å². The lowest BCUT2D eigenvalue weighted by molar-refractivity contribution is -0.115. The molecule has 0 spiro atoms. The third-order valence-corrected chi connectivity index (χ3v) is 3.60. The standard InChI is InChI=1S/C11H13NO3.C8H9NO2/c1-3-9(13)12-8-6-4-5-7(2)10(8)11(14)15;1-5-3-2-4-6(9)7(5)8(10)11/h4-6H,3H2,1-2H3,(H,12,13)(H,14,15);2-4H,9H2,1H3,(H,10,11). The van der Waals surface area contributed by atoms with Crippen LogP contribution in [0.1, 0.15) is 45.2 Å². The summed E-state index contributed by atoms with van der Waals surface area (Å²) >= 11 is 0. The van der Waals surface area contributed by atoms with Crippen LogP contribution in [0.15, 0.2) is 36.4 Å². The van der Waals surface area contributed by atoms with Gasteiger partial charge in [-0.1, -0.05) is 31.2 Å². The molecule has 0 bridgehead atoms. The van der Waals surface area contributed by atoms with Crippen molar-refractivity contribution in [3.8, 4) is 0 Å². The molecule has 0 aliphatic heterocycles. The molecule has 2 aromatic carbocycles. The third-order valence-electron chi connectivity index (χ3n) is 3.60. The fraction of sp³-hybridized carbons (Fsp3) is 0.211. The Labute approximate surface area is 151 Å². The molecule has 7 nitrogen and oxygen atoms in total. The van der Waals surface area contributed by atoms with Crippen LogP contribution in [-0.2, 0) is 4.79 Å². The molecule has 0 aromatic heterocycles. The van der Waals surface area contributed by atoms with Crippen molar-refractivity contribution in [3.05, 3.63) is 58.7 Å². The molecule has 0 radical (unpaired) electrons. The first-order valence-corrected chi connectivity index (χ1v) is 7.90.